The average Bonchev–Trinajstić information content (AvgIpc) is 2.39. The fourth-order valence-electron chi connectivity index (χ4n) is 2.03. The van der Waals surface area contributed by atoms with Crippen LogP contribution in [0.25, 0.3) is 6.08 Å². The van der Waals surface area contributed by atoms with E-state index in [0.717, 1.165) is 23.1 Å². The molecule has 0 fully saturated rings. The molecule has 116 valence electrons. The first-order valence-corrected chi connectivity index (χ1v) is 8.16. The molecule has 0 saturated carbocycles. The van der Waals surface area contributed by atoms with Crippen LogP contribution in [0.2, 0.25) is 0 Å². The van der Waals surface area contributed by atoms with Crippen molar-refractivity contribution in [1.82, 2.24) is 10.2 Å². The fourth-order valence-corrected chi connectivity index (χ4v) is 2.44. The number of nitrogens with zero attached hydrogens (tertiary/aromatic N) is 1. The van der Waals surface area contributed by atoms with Gasteiger partial charge in [0.15, 0.2) is 0 Å². The van der Waals surface area contributed by atoms with Crippen molar-refractivity contribution in [1.29, 1.82) is 0 Å². The van der Waals surface area contributed by atoms with E-state index < -0.39 is 0 Å². The number of halogens is 1. The second kappa shape index (κ2) is 8.88. The first kappa shape index (κ1) is 17.8. The number of amides is 2. The Morgan fingerprint density at radius 3 is 2.29 bits per heavy atom. The molecule has 2 amide bonds. The third-order valence-electron chi connectivity index (χ3n) is 2.83. The van der Waals surface area contributed by atoms with Crippen molar-refractivity contribution in [2.75, 3.05) is 13.1 Å². The average molecular weight is 353 g/mol. The van der Waals surface area contributed by atoms with E-state index in [9.17, 15) is 4.79 Å². The fraction of sp³-hybridized carbons (Fsp3) is 0.471. The van der Waals surface area contributed by atoms with Gasteiger partial charge in [-0.3, -0.25) is 0 Å². The number of urea groups is 1. The van der Waals surface area contributed by atoms with Crippen LogP contribution in [0.4, 0.5) is 4.79 Å². The summed E-state index contributed by atoms with van der Waals surface area (Å²) in [6.45, 7) is 10.0. The van der Waals surface area contributed by atoms with Gasteiger partial charge in [0, 0.05) is 23.8 Å². The van der Waals surface area contributed by atoms with Crippen molar-refractivity contribution in [2.45, 2.75) is 27.7 Å². The predicted molar refractivity (Wildman–Crippen MR) is 93.0 cm³/mol. The van der Waals surface area contributed by atoms with Crippen LogP contribution in [0.15, 0.2) is 34.9 Å². The van der Waals surface area contributed by atoms with Gasteiger partial charge in [-0.2, -0.15) is 0 Å². The Bertz CT molecular complexity index is 473. The minimum Gasteiger partial charge on any atom is -0.324 e. The number of carbonyl (C=O) groups is 1. The van der Waals surface area contributed by atoms with Crippen molar-refractivity contribution >= 4 is 28.0 Å². The van der Waals surface area contributed by atoms with Crippen molar-refractivity contribution in [2.24, 2.45) is 11.8 Å². The molecule has 0 saturated heterocycles. The number of carbonyl (C=O) groups excluding carboxylic acids is 1. The lowest BCUT2D eigenvalue weighted by molar-refractivity contribution is 0.187. The summed E-state index contributed by atoms with van der Waals surface area (Å²) in [4.78, 5) is 14.1. The van der Waals surface area contributed by atoms with E-state index in [1.165, 1.54) is 0 Å². The second-order valence-electron chi connectivity index (χ2n) is 6.00. The van der Waals surface area contributed by atoms with Gasteiger partial charge in [0.05, 0.1) is 0 Å². The maximum atomic E-state index is 12.2. The van der Waals surface area contributed by atoms with Crippen LogP contribution in [-0.4, -0.2) is 24.0 Å². The summed E-state index contributed by atoms with van der Waals surface area (Å²) in [5, 5.41) is 2.85. The summed E-state index contributed by atoms with van der Waals surface area (Å²) < 4.78 is 1.01. The van der Waals surface area contributed by atoms with Gasteiger partial charge in [0.25, 0.3) is 0 Å². The summed E-state index contributed by atoms with van der Waals surface area (Å²) in [7, 11) is 0. The smallest absolute Gasteiger partial charge is 0.321 e. The molecule has 1 N–H and O–H groups in total. The molecular formula is C17H25BrN2O. The topological polar surface area (TPSA) is 32.3 Å². The van der Waals surface area contributed by atoms with Crippen molar-refractivity contribution < 1.29 is 4.79 Å². The Hall–Kier alpha value is -1.29. The van der Waals surface area contributed by atoms with Gasteiger partial charge >= 0.3 is 6.03 Å². The van der Waals surface area contributed by atoms with E-state index in [0.29, 0.717) is 11.8 Å². The number of rotatable bonds is 6. The lowest BCUT2D eigenvalue weighted by Gasteiger charge is -2.25. The van der Waals surface area contributed by atoms with E-state index in [1.807, 2.05) is 35.2 Å². The molecule has 0 radical (unpaired) electrons. The largest absolute Gasteiger partial charge is 0.324 e. The lowest BCUT2D eigenvalue weighted by atomic mass is 10.1. The van der Waals surface area contributed by atoms with Gasteiger partial charge < -0.3 is 10.2 Å². The Labute approximate surface area is 136 Å². The van der Waals surface area contributed by atoms with Gasteiger partial charge in [-0.05, 0) is 29.5 Å². The van der Waals surface area contributed by atoms with Crippen LogP contribution in [0, 0.1) is 11.8 Å². The SMILES string of the molecule is CC(C)CN(CC(C)C)C(=O)N/C=C/c1ccccc1Br. The third-order valence-corrected chi connectivity index (χ3v) is 3.56. The molecule has 0 aromatic heterocycles. The minimum atomic E-state index is -0.0410. The molecule has 3 nitrogen and oxygen atoms in total. The Kier molecular flexibility index (Phi) is 7.51. The van der Waals surface area contributed by atoms with Crippen LogP contribution in [0.1, 0.15) is 33.3 Å². The summed E-state index contributed by atoms with van der Waals surface area (Å²) in [5.74, 6) is 0.920. The van der Waals surface area contributed by atoms with E-state index in [4.69, 9.17) is 0 Å². The van der Waals surface area contributed by atoms with Crippen molar-refractivity contribution in [3.63, 3.8) is 0 Å². The van der Waals surface area contributed by atoms with Crippen LogP contribution in [-0.2, 0) is 0 Å². The third kappa shape index (κ3) is 6.80. The summed E-state index contributed by atoms with van der Waals surface area (Å²) in [5.41, 5.74) is 1.04. The monoisotopic (exact) mass is 352 g/mol. The second-order valence-corrected chi connectivity index (χ2v) is 6.85. The van der Waals surface area contributed by atoms with Crippen LogP contribution >= 0.6 is 15.9 Å². The molecule has 0 bridgehead atoms. The maximum absolute atomic E-state index is 12.2. The number of benzene rings is 1. The molecule has 1 aromatic carbocycles. The zero-order valence-corrected chi connectivity index (χ0v) is 14.9. The molecule has 1 rings (SSSR count). The van der Waals surface area contributed by atoms with E-state index >= 15 is 0 Å². The lowest BCUT2D eigenvalue weighted by Crippen LogP contribution is -2.41. The first-order chi connectivity index (χ1) is 9.90. The predicted octanol–water partition coefficient (Wildman–Crippen LogP) is 4.74. The highest BCUT2D eigenvalue weighted by atomic mass is 79.9. The number of nitrogens with one attached hydrogen (secondary N) is 1. The number of hydrogen-bond acceptors (Lipinski definition) is 1. The molecule has 0 unspecified atom stereocenters. The zero-order chi connectivity index (χ0) is 15.8. The minimum absolute atomic E-state index is 0.0410. The molecule has 1 aromatic rings. The molecule has 0 aliphatic heterocycles. The van der Waals surface area contributed by atoms with E-state index in [-0.39, 0.29) is 6.03 Å². The van der Waals surface area contributed by atoms with E-state index in [2.05, 4.69) is 48.9 Å². The molecule has 4 heteroatoms. The normalized spacial score (nSPS) is 11.4. The van der Waals surface area contributed by atoms with Crippen molar-refractivity contribution in [3.8, 4) is 0 Å². The summed E-state index contributed by atoms with van der Waals surface area (Å²) in [6.07, 6.45) is 3.60. The highest BCUT2D eigenvalue weighted by Gasteiger charge is 2.14. The standard InChI is InChI=1S/C17H25BrN2O/c1-13(2)11-20(12-14(3)4)17(21)19-10-9-15-7-5-6-8-16(15)18/h5-10,13-14H,11-12H2,1-4H3,(H,19,21)/b10-9+. The van der Waals surface area contributed by atoms with Gasteiger partial charge in [-0.15, -0.1) is 0 Å². The zero-order valence-electron chi connectivity index (χ0n) is 13.3. The van der Waals surface area contributed by atoms with Crippen LogP contribution in [0.5, 0.6) is 0 Å². The molecule has 0 aliphatic rings. The molecular weight excluding hydrogens is 328 g/mol. The first-order valence-electron chi connectivity index (χ1n) is 7.36. The van der Waals surface area contributed by atoms with Gasteiger partial charge in [-0.1, -0.05) is 61.8 Å². The number of hydrogen-bond donors (Lipinski definition) is 1. The van der Waals surface area contributed by atoms with Gasteiger partial charge in [0.2, 0.25) is 0 Å². The quantitative estimate of drug-likeness (QED) is 0.787. The Morgan fingerprint density at radius 1 is 1.19 bits per heavy atom. The van der Waals surface area contributed by atoms with Gasteiger partial charge in [-0.25, -0.2) is 4.79 Å². The van der Waals surface area contributed by atoms with Crippen LogP contribution in [0.3, 0.4) is 0 Å². The van der Waals surface area contributed by atoms with Crippen LogP contribution < -0.4 is 5.32 Å². The summed E-state index contributed by atoms with van der Waals surface area (Å²) in [6, 6.07) is 7.86. The molecule has 0 atom stereocenters. The maximum Gasteiger partial charge on any atom is 0.321 e. The van der Waals surface area contributed by atoms with Crippen molar-refractivity contribution in [3.05, 3.63) is 40.5 Å². The Balaban J connectivity index is 2.62. The summed E-state index contributed by atoms with van der Waals surface area (Å²) >= 11 is 3.48. The molecule has 21 heavy (non-hydrogen) atoms. The molecule has 0 spiro atoms. The molecule has 0 aliphatic carbocycles. The van der Waals surface area contributed by atoms with Gasteiger partial charge in [0.1, 0.15) is 0 Å². The Morgan fingerprint density at radius 2 is 1.76 bits per heavy atom. The van der Waals surface area contributed by atoms with E-state index in [1.54, 1.807) is 6.20 Å². The molecule has 0 heterocycles. The highest BCUT2D eigenvalue weighted by Crippen LogP contribution is 2.16. The highest BCUT2D eigenvalue weighted by molar-refractivity contribution is 9.10.